The zero-order valence-corrected chi connectivity index (χ0v) is 15.4. The molecule has 0 N–H and O–H groups in total. The molecule has 1 aliphatic rings. The molecule has 8 heteroatoms. The van der Waals surface area contributed by atoms with Crippen molar-refractivity contribution in [1.29, 1.82) is 0 Å². The molecule has 144 valence electrons. The third-order valence-corrected chi connectivity index (χ3v) is 4.74. The molecule has 0 spiro atoms. The van der Waals surface area contributed by atoms with Crippen LogP contribution < -0.4 is 14.4 Å². The van der Waals surface area contributed by atoms with E-state index >= 15 is 0 Å². The number of para-hydroxylation sites is 1. The van der Waals surface area contributed by atoms with Crippen molar-refractivity contribution in [1.82, 2.24) is 4.90 Å². The van der Waals surface area contributed by atoms with E-state index in [9.17, 15) is 14.5 Å². The third kappa shape index (κ3) is 4.11. The van der Waals surface area contributed by atoms with Gasteiger partial charge in [0.25, 0.3) is 0 Å². The molecule has 0 radical (unpaired) electrons. The number of nitrogens with zero attached hydrogens (tertiary/aromatic N) is 3. The summed E-state index contributed by atoms with van der Waals surface area (Å²) in [7, 11) is 3.25. The fraction of sp³-hybridized carbons (Fsp3) is 0.368. The van der Waals surface area contributed by atoms with Crippen molar-refractivity contribution in [2.75, 3.05) is 45.3 Å². The van der Waals surface area contributed by atoms with Gasteiger partial charge < -0.3 is 14.4 Å². The zero-order valence-electron chi connectivity index (χ0n) is 15.4. The second-order valence-corrected chi connectivity index (χ2v) is 6.31. The second-order valence-electron chi connectivity index (χ2n) is 6.31. The summed E-state index contributed by atoms with van der Waals surface area (Å²) in [4.78, 5) is 14.7. The van der Waals surface area contributed by atoms with Gasteiger partial charge in [0, 0.05) is 38.3 Å². The van der Waals surface area contributed by atoms with E-state index in [0.717, 1.165) is 23.1 Å². The van der Waals surface area contributed by atoms with Crippen LogP contribution in [0.2, 0.25) is 0 Å². The first-order valence-corrected chi connectivity index (χ1v) is 8.64. The molecule has 3 rings (SSSR count). The van der Waals surface area contributed by atoms with Crippen LogP contribution in [0.15, 0.2) is 36.4 Å². The van der Waals surface area contributed by atoms with E-state index in [-0.39, 0.29) is 0 Å². The Bertz CT molecular complexity index is 823. The average Bonchev–Trinajstić information content (AvgIpc) is 2.68. The highest BCUT2D eigenvalue weighted by molar-refractivity contribution is 5.64. The second kappa shape index (κ2) is 8.22. The van der Waals surface area contributed by atoms with Crippen LogP contribution in [0.1, 0.15) is 5.56 Å². The summed E-state index contributed by atoms with van der Waals surface area (Å²) >= 11 is 0. The number of methoxy groups -OCH3 is 2. The van der Waals surface area contributed by atoms with E-state index < -0.39 is 16.4 Å². The number of benzene rings is 2. The van der Waals surface area contributed by atoms with Crippen molar-refractivity contribution >= 4 is 11.4 Å². The molecule has 0 atom stereocenters. The summed E-state index contributed by atoms with van der Waals surface area (Å²) in [5.41, 5.74) is 0.890. The monoisotopic (exact) mass is 375 g/mol. The highest BCUT2D eigenvalue weighted by Crippen LogP contribution is 2.32. The molecular weight excluding hydrogens is 353 g/mol. The molecule has 27 heavy (non-hydrogen) atoms. The molecular formula is C19H22FN3O4. The van der Waals surface area contributed by atoms with E-state index in [1.54, 1.807) is 20.3 Å². The molecule has 1 fully saturated rings. The quantitative estimate of drug-likeness (QED) is 0.571. The maximum absolute atomic E-state index is 13.9. The van der Waals surface area contributed by atoms with Crippen LogP contribution in [0.25, 0.3) is 0 Å². The average molecular weight is 375 g/mol. The summed E-state index contributed by atoms with van der Waals surface area (Å²) in [5.74, 6) is 0.750. The predicted molar refractivity (Wildman–Crippen MR) is 100 cm³/mol. The molecule has 2 aromatic carbocycles. The summed E-state index contributed by atoms with van der Waals surface area (Å²) in [6, 6.07) is 9.90. The highest BCUT2D eigenvalue weighted by atomic mass is 19.1. The van der Waals surface area contributed by atoms with Gasteiger partial charge in [-0.2, -0.15) is 4.39 Å². The lowest BCUT2D eigenvalue weighted by Gasteiger charge is -2.36. The molecule has 7 nitrogen and oxygen atoms in total. The number of nitro benzene ring substituents is 1. The van der Waals surface area contributed by atoms with E-state index in [2.05, 4.69) is 4.90 Å². The van der Waals surface area contributed by atoms with Crippen LogP contribution in [0.3, 0.4) is 0 Å². The summed E-state index contributed by atoms with van der Waals surface area (Å²) in [6.45, 7) is 3.24. The van der Waals surface area contributed by atoms with Crippen molar-refractivity contribution < 1.29 is 18.8 Å². The van der Waals surface area contributed by atoms with Crippen molar-refractivity contribution in [3.8, 4) is 11.5 Å². The molecule has 0 amide bonds. The number of hydrogen-bond acceptors (Lipinski definition) is 6. The van der Waals surface area contributed by atoms with Gasteiger partial charge in [0.05, 0.1) is 19.1 Å². The fourth-order valence-electron chi connectivity index (χ4n) is 3.33. The fourth-order valence-corrected chi connectivity index (χ4v) is 3.33. The van der Waals surface area contributed by atoms with E-state index in [4.69, 9.17) is 9.47 Å². The lowest BCUT2D eigenvalue weighted by Crippen LogP contribution is -2.46. The summed E-state index contributed by atoms with van der Waals surface area (Å²) < 4.78 is 24.6. The Hall–Kier alpha value is -2.87. The van der Waals surface area contributed by atoms with Crippen LogP contribution in [0.4, 0.5) is 15.8 Å². The van der Waals surface area contributed by atoms with Crippen molar-refractivity contribution in [3.63, 3.8) is 0 Å². The molecule has 1 aliphatic heterocycles. The van der Waals surface area contributed by atoms with Crippen LogP contribution >= 0.6 is 0 Å². The Kier molecular flexibility index (Phi) is 5.75. The third-order valence-electron chi connectivity index (χ3n) is 4.74. The molecule has 2 aromatic rings. The van der Waals surface area contributed by atoms with E-state index in [0.29, 0.717) is 38.4 Å². The smallest absolute Gasteiger partial charge is 0.327 e. The molecule has 0 bridgehead atoms. The Morgan fingerprint density at radius 3 is 2.48 bits per heavy atom. The SMILES string of the molecule is COc1ccc(OC)c(CN2CCN(c3cccc(F)c3[N+](=O)[O-])CC2)c1. The molecule has 0 aliphatic carbocycles. The van der Waals surface area contributed by atoms with Gasteiger partial charge in [0.2, 0.25) is 5.82 Å². The van der Waals surface area contributed by atoms with Gasteiger partial charge in [-0.25, -0.2) is 0 Å². The number of nitro groups is 1. The number of anilines is 1. The van der Waals surface area contributed by atoms with Crippen LogP contribution in [-0.4, -0.2) is 50.2 Å². The number of piperazine rings is 1. The van der Waals surface area contributed by atoms with Gasteiger partial charge in [-0.05, 0) is 30.3 Å². The minimum Gasteiger partial charge on any atom is -0.497 e. The van der Waals surface area contributed by atoms with Crippen molar-refractivity contribution in [2.24, 2.45) is 0 Å². The lowest BCUT2D eigenvalue weighted by atomic mass is 10.1. The van der Waals surface area contributed by atoms with Gasteiger partial charge in [0.15, 0.2) is 0 Å². The maximum atomic E-state index is 13.9. The first-order chi connectivity index (χ1) is 13.0. The minimum atomic E-state index is -0.805. The first-order valence-electron chi connectivity index (χ1n) is 8.64. The number of hydrogen-bond donors (Lipinski definition) is 0. The van der Waals surface area contributed by atoms with Gasteiger partial charge in [0.1, 0.15) is 17.2 Å². The zero-order chi connectivity index (χ0) is 19.4. The lowest BCUT2D eigenvalue weighted by molar-refractivity contribution is -0.386. The molecule has 1 saturated heterocycles. The number of rotatable bonds is 6. The minimum absolute atomic E-state index is 0.332. The van der Waals surface area contributed by atoms with Crippen LogP contribution in [0, 0.1) is 15.9 Å². The van der Waals surface area contributed by atoms with Gasteiger partial charge >= 0.3 is 5.69 Å². The molecule has 0 aromatic heterocycles. The van der Waals surface area contributed by atoms with Crippen molar-refractivity contribution in [2.45, 2.75) is 6.54 Å². The van der Waals surface area contributed by atoms with E-state index in [1.807, 2.05) is 23.1 Å². The normalized spacial score (nSPS) is 14.9. The predicted octanol–water partition coefficient (Wildman–Crippen LogP) is 3.07. The van der Waals surface area contributed by atoms with Crippen molar-refractivity contribution in [3.05, 3.63) is 57.9 Å². The molecule has 0 saturated carbocycles. The van der Waals surface area contributed by atoms with Crippen LogP contribution in [0.5, 0.6) is 11.5 Å². The van der Waals surface area contributed by atoms with Crippen LogP contribution in [-0.2, 0) is 6.54 Å². The standard InChI is InChI=1S/C19H22FN3O4/c1-26-15-6-7-18(27-2)14(12-15)13-21-8-10-22(11-9-21)17-5-3-4-16(20)19(17)23(24)25/h3-7,12H,8-11,13H2,1-2H3. The maximum Gasteiger partial charge on any atom is 0.327 e. The highest BCUT2D eigenvalue weighted by Gasteiger charge is 2.27. The van der Waals surface area contributed by atoms with Gasteiger partial charge in [-0.15, -0.1) is 0 Å². The Labute approximate surface area is 157 Å². The Morgan fingerprint density at radius 1 is 1.11 bits per heavy atom. The van der Waals surface area contributed by atoms with Gasteiger partial charge in [-0.3, -0.25) is 15.0 Å². The largest absolute Gasteiger partial charge is 0.497 e. The Morgan fingerprint density at radius 2 is 1.85 bits per heavy atom. The number of ether oxygens (including phenoxy) is 2. The first kappa shape index (κ1) is 18.9. The number of halogens is 1. The Balaban J connectivity index is 1.70. The topological polar surface area (TPSA) is 68.1 Å². The summed E-state index contributed by atoms with van der Waals surface area (Å²) in [6.07, 6.45) is 0. The van der Waals surface area contributed by atoms with Gasteiger partial charge in [-0.1, -0.05) is 6.07 Å². The molecule has 0 unspecified atom stereocenters. The summed E-state index contributed by atoms with van der Waals surface area (Å²) in [5, 5.41) is 11.2. The van der Waals surface area contributed by atoms with E-state index in [1.165, 1.54) is 6.07 Å². The molecule has 1 heterocycles.